The lowest BCUT2D eigenvalue weighted by atomic mass is 10.1. The molecule has 2 rings (SSSR count). The molecule has 0 N–H and O–H groups in total. The molecule has 3 nitrogen and oxygen atoms in total. The summed E-state index contributed by atoms with van der Waals surface area (Å²) in [5, 5.41) is 1.35. The van der Waals surface area contributed by atoms with Crippen LogP contribution in [0.1, 0.15) is 26.7 Å². The van der Waals surface area contributed by atoms with Crippen LogP contribution in [-0.4, -0.2) is 14.5 Å². The number of ether oxygens (including phenoxy) is 1. The van der Waals surface area contributed by atoms with Gasteiger partial charge in [-0.15, -0.1) is 0 Å². The van der Waals surface area contributed by atoms with Gasteiger partial charge < -0.3 is 4.74 Å². The van der Waals surface area contributed by atoms with Crippen LogP contribution in [0.5, 0.6) is 5.75 Å². The summed E-state index contributed by atoms with van der Waals surface area (Å²) in [7, 11) is 1.71. The topological polar surface area (TPSA) is 43.4 Å². The Morgan fingerprint density at radius 3 is 2.20 bits per heavy atom. The van der Waals surface area contributed by atoms with Gasteiger partial charge in [0, 0.05) is 21.5 Å². The zero-order valence-electron chi connectivity index (χ0n) is 11.5. The lowest BCUT2D eigenvalue weighted by Gasteiger charge is -2.18. The summed E-state index contributed by atoms with van der Waals surface area (Å²) in [6, 6.07) is 10.4. The highest BCUT2D eigenvalue weighted by Crippen LogP contribution is 2.33. The van der Waals surface area contributed by atoms with E-state index >= 15 is 0 Å². The minimum atomic E-state index is -3.77. The van der Waals surface area contributed by atoms with Gasteiger partial charge in [0.05, 0.1) is 11.0 Å². The number of fused-ring (bicyclic) bond motifs is 1. The zero-order chi connectivity index (χ0) is 14.8. The van der Waals surface area contributed by atoms with Crippen LogP contribution in [0.2, 0.25) is 0 Å². The van der Waals surface area contributed by atoms with Crippen LogP contribution in [0.15, 0.2) is 41.3 Å². The molecule has 0 spiro atoms. The molecule has 108 valence electrons. The van der Waals surface area contributed by atoms with Crippen LogP contribution < -0.4 is 4.74 Å². The van der Waals surface area contributed by atoms with Crippen molar-refractivity contribution in [2.24, 2.45) is 0 Å². The van der Waals surface area contributed by atoms with E-state index in [9.17, 15) is 8.42 Å². The van der Waals surface area contributed by atoms with E-state index in [2.05, 4.69) is 13.8 Å². The number of halogens is 1. The first-order valence-corrected chi connectivity index (χ1v) is 8.91. The molecule has 0 aromatic heterocycles. The molecular weight excluding hydrogens is 296 g/mol. The predicted octanol–water partition coefficient (Wildman–Crippen LogP) is 4.33. The monoisotopic (exact) mass is 312 g/mol. The molecule has 0 atom stereocenters. The molecule has 0 heterocycles. The van der Waals surface area contributed by atoms with E-state index in [0.717, 1.165) is 18.2 Å². The molecule has 0 bridgehead atoms. The maximum atomic E-state index is 11.6. The zero-order valence-corrected chi connectivity index (χ0v) is 13.0. The van der Waals surface area contributed by atoms with E-state index in [0.29, 0.717) is 11.1 Å². The quantitative estimate of drug-likeness (QED) is 0.772. The van der Waals surface area contributed by atoms with Gasteiger partial charge in [-0.2, -0.15) is 0 Å². The largest absolute Gasteiger partial charge is 0.490 e. The van der Waals surface area contributed by atoms with E-state index in [1.54, 1.807) is 18.2 Å². The first-order valence-electron chi connectivity index (χ1n) is 6.60. The summed E-state index contributed by atoms with van der Waals surface area (Å²) in [5.74, 6) is 0.693. The second-order valence-electron chi connectivity index (χ2n) is 4.60. The summed E-state index contributed by atoms with van der Waals surface area (Å²) >= 11 is 0. The second-order valence-corrected chi connectivity index (χ2v) is 7.14. The first kappa shape index (κ1) is 15.1. The molecule has 0 amide bonds. The molecule has 2 aromatic carbocycles. The fraction of sp³-hybridized carbons (Fsp3) is 0.333. The number of rotatable bonds is 5. The normalized spacial score (nSPS) is 12.0. The average molecular weight is 313 g/mol. The van der Waals surface area contributed by atoms with Gasteiger partial charge in [0.15, 0.2) is 0 Å². The van der Waals surface area contributed by atoms with Gasteiger partial charge in [0.1, 0.15) is 5.75 Å². The van der Waals surface area contributed by atoms with Gasteiger partial charge >= 0.3 is 0 Å². The van der Waals surface area contributed by atoms with Crippen molar-refractivity contribution >= 4 is 30.5 Å². The molecule has 5 heteroatoms. The molecule has 0 fully saturated rings. The first-order chi connectivity index (χ1) is 9.47. The van der Waals surface area contributed by atoms with Crippen LogP contribution >= 0.6 is 10.7 Å². The third kappa shape index (κ3) is 3.07. The van der Waals surface area contributed by atoms with Crippen molar-refractivity contribution in [3.8, 4) is 5.75 Å². The standard InChI is InChI=1S/C15H17ClO3S/c1-3-11(4-2)19-14-9-10-15(20(16,17)18)13-8-6-5-7-12(13)14/h5-11H,3-4H2,1-2H3. The highest BCUT2D eigenvalue weighted by atomic mass is 35.7. The molecular formula is C15H17ClO3S. The van der Waals surface area contributed by atoms with Crippen LogP contribution in [0.4, 0.5) is 0 Å². The van der Waals surface area contributed by atoms with Crippen LogP contribution in [0.3, 0.4) is 0 Å². The maximum Gasteiger partial charge on any atom is 0.261 e. The highest BCUT2D eigenvalue weighted by molar-refractivity contribution is 8.14. The minimum Gasteiger partial charge on any atom is -0.490 e. The third-order valence-corrected chi connectivity index (χ3v) is 4.69. The van der Waals surface area contributed by atoms with E-state index in [4.69, 9.17) is 15.4 Å². The van der Waals surface area contributed by atoms with Crippen molar-refractivity contribution in [3.05, 3.63) is 36.4 Å². The molecule has 0 aliphatic heterocycles. The predicted molar refractivity (Wildman–Crippen MR) is 82.0 cm³/mol. The van der Waals surface area contributed by atoms with E-state index < -0.39 is 9.05 Å². The Balaban J connectivity index is 2.60. The minimum absolute atomic E-state index is 0.117. The molecule has 0 saturated heterocycles. The lowest BCUT2D eigenvalue weighted by Crippen LogP contribution is -2.13. The number of hydrogen-bond donors (Lipinski definition) is 0. The molecule has 0 radical (unpaired) electrons. The van der Waals surface area contributed by atoms with Gasteiger partial charge in [-0.25, -0.2) is 8.42 Å². The van der Waals surface area contributed by atoms with Gasteiger partial charge in [-0.3, -0.25) is 0 Å². The number of benzene rings is 2. The van der Waals surface area contributed by atoms with E-state index in [1.807, 2.05) is 12.1 Å². The molecule has 20 heavy (non-hydrogen) atoms. The summed E-state index contributed by atoms with van der Waals surface area (Å²) in [6.45, 7) is 4.13. The third-order valence-electron chi connectivity index (χ3n) is 3.31. The molecule has 0 aliphatic carbocycles. The van der Waals surface area contributed by atoms with E-state index in [1.165, 1.54) is 6.07 Å². The average Bonchev–Trinajstić information content (AvgIpc) is 2.43. The highest BCUT2D eigenvalue weighted by Gasteiger charge is 2.17. The Kier molecular flexibility index (Phi) is 4.55. The Bertz CT molecular complexity index is 706. The summed E-state index contributed by atoms with van der Waals surface area (Å²) in [6.07, 6.45) is 1.93. The smallest absolute Gasteiger partial charge is 0.261 e. The fourth-order valence-electron chi connectivity index (χ4n) is 2.19. The van der Waals surface area contributed by atoms with Crippen LogP contribution in [0.25, 0.3) is 10.8 Å². The number of hydrogen-bond acceptors (Lipinski definition) is 3. The van der Waals surface area contributed by atoms with Crippen molar-refractivity contribution < 1.29 is 13.2 Å². The van der Waals surface area contributed by atoms with Crippen molar-refractivity contribution in [2.75, 3.05) is 0 Å². The van der Waals surface area contributed by atoms with E-state index in [-0.39, 0.29) is 11.0 Å². The summed E-state index contributed by atoms with van der Waals surface area (Å²) in [5.41, 5.74) is 0. The molecule has 0 aliphatic rings. The van der Waals surface area contributed by atoms with Crippen molar-refractivity contribution in [3.63, 3.8) is 0 Å². The molecule has 0 unspecified atom stereocenters. The summed E-state index contributed by atoms with van der Waals surface area (Å²) in [4.78, 5) is 0.117. The van der Waals surface area contributed by atoms with Gasteiger partial charge in [0.2, 0.25) is 0 Å². The van der Waals surface area contributed by atoms with Gasteiger partial charge in [-0.1, -0.05) is 38.1 Å². The Morgan fingerprint density at radius 2 is 1.65 bits per heavy atom. The van der Waals surface area contributed by atoms with Gasteiger partial charge in [-0.05, 0) is 25.0 Å². The SMILES string of the molecule is CCC(CC)Oc1ccc(S(=O)(=O)Cl)c2ccccc12. The second kappa shape index (κ2) is 6.02. The Hall–Kier alpha value is -1.26. The van der Waals surface area contributed by atoms with Crippen molar-refractivity contribution in [2.45, 2.75) is 37.7 Å². The van der Waals surface area contributed by atoms with Crippen LogP contribution in [0, 0.1) is 0 Å². The van der Waals surface area contributed by atoms with Crippen molar-refractivity contribution in [1.82, 2.24) is 0 Å². The Labute approximate surface area is 123 Å². The molecule has 2 aromatic rings. The maximum absolute atomic E-state index is 11.6. The molecule has 0 saturated carbocycles. The lowest BCUT2D eigenvalue weighted by molar-refractivity contribution is 0.195. The summed E-state index contributed by atoms with van der Waals surface area (Å²) < 4.78 is 29.2. The Morgan fingerprint density at radius 1 is 1.05 bits per heavy atom. The fourth-order valence-corrected chi connectivity index (χ4v) is 3.27. The van der Waals surface area contributed by atoms with Gasteiger partial charge in [0.25, 0.3) is 9.05 Å². The van der Waals surface area contributed by atoms with Crippen molar-refractivity contribution in [1.29, 1.82) is 0 Å². The van der Waals surface area contributed by atoms with Crippen LogP contribution in [-0.2, 0) is 9.05 Å².